The second-order valence-corrected chi connectivity index (χ2v) is 6.26. The van der Waals surface area contributed by atoms with Crippen LogP contribution >= 0.6 is 23.2 Å². The Kier molecular flexibility index (Phi) is 8.60. The van der Waals surface area contributed by atoms with E-state index in [1.54, 1.807) is 0 Å². The number of likely N-dealkylation sites (N-methyl/N-ethyl adjacent to an activating group) is 1. The van der Waals surface area contributed by atoms with Gasteiger partial charge < -0.3 is 5.32 Å². The summed E-state index contributed by atoms with van der Waals surface area (Å²) in [6.07, 6.45) is 6.04. The molecule has 0 aliphatic carbocycles. The molecule has 0 saturated carbocycles. The topological polar surface area (TPSA) is 12.0 Å². The molecule has 1 nitrogen and oxygen atoms in total. The molecule has 0 bridgehead atoms. The smallest absolute Gasteiger partial charge is 0.0453 e. The molecule has 0 aromatic heterocycles. The lowest BCUT2D eigenvalue weighted by molar-refractivity contribution is 0.319. The summed E-state index contributed by atoms with van der Waals surface area (Å²) in [5.41, 5.74) is 1.19. The van der Waals surface area contributed by atoms with Crippen LogP contribution in [0.5, 0.6) is 0 Å². The van der Waals surface area contributed by atoms with Gasteiger partial charge in [-0.25, -0.2) is 0 Å². The molecule has 0 spiro atoms. The number of nitrogens with one attached hydrogen (secondary N) is 1. The minimum absolute atomic E-state index is 0.496. The van der Waals surface area contributed by atoms with Crippen LogP contribution in [0.4, 0.5) is 0 Å². The first-order valence-corrected chi connectivity index (χ1v) is 8.55. The molecule has 3 heteroatoms. The molecule has 0 aliphatic rings. The Morgan fingerprint density at radius 2 is 1.90 bits per heavy atom. The molecule has 2 atom stereocenters. The summed E-state index contributed by atoms with van der Waals surface area (Å²) in [7, 11) is 0. The lowest BCUT2D eigenvalue weighted by Gasteiger charge is -2.27. The number of benzene rings is 1. The van der Waals surface area contributed by atoms with Crippen molar-refractivity contribution >= 4 is 23.2 Å². The van der Waals surface area contributed by atoms with Crippen molar-refractivity contribution in [2.45, 2.75) is 58.9 Å². The number of rotatable bonds is 9. The van der Waals surface area contributed by atoms with Gasteiger partial charge in [-0.2, -0.15) is 0 Å². The van der Waals surface area contributed by atoms with E-state index in [4.69, 9.17) is 23.2 Å². The van der Waals surface area contributed by atoms with Gasteiger partial charge in [0.15, 0.2) is 0 Å². The molecule has 1 N–H and O–H groups in total. The highest BCUT2D eigenvalue weighted by Crippen LogP contribution is 2.26. The van der Waals surface area contributed by atoms with E-state index >= 15 is 0 Å². The van der Waals surface area contributed by atoms with Gasteiger partial charge in [-0.3, -0.25) is 0 Å². The van der Waals surface area contributed by atoms with Gasteiger partial charge in [0.1, 0.15) is 0 Å². The maximum absolute atomic E-state index is 6.31. The molecule has 0 heterocycles. The molecule has 0 amide bonds. The van der Waals surface area contributed by atoms with Crippen LogP contribution in [0.3, 0.4) is 0 Å². The number of halogens is 2. The summed E-state index contributed by atoms with van der Waals surface area (Å²) in [6.45, 7) is 7.71. The summed E-state index contributed by atoms with van der Waals surface area (Å²) < 4.78 is 0. The van der Waals surface area contributed by atoms with Crippen molar-refractivity contribution in [3.63, 3.8) is 0 Å². The molecule has 1 aromatic rings. The zero-order valence-electron chi connectivity index (χ0n) is 12.9. The highest BCUT2D eigenvalue weighted by atomic mass is 35.5. The Bertz CT molecular complexity index is 393. The zero-order chi connectivity index (χ0) is 15.0. The van der Waals surface area contributed by atoms with Gasteiger partial charge in [-0.1, -0.05) is 69.3 Å². The van der Waals surface area contributed by atoms with E-state index in [0.717, 1.165) is 18.0 Å². The van der Waals surface area contributed by atoms with E-state index < -0.39 is 0 Å². The fraction of sp³-hybridized carbons (Fsp3) is 0.647. The summed E-state index contributed by atoms with van der Waals surface area (Å²) in [6, 6.07) is 6.32. The molecule has 0 radical (unpaired) electrons. The van der Waals surface area contributed by atoms with Gasteiger partial charge in [-0.15, -0.1) is 0 Å². The maximum atomic E-state index is 6.31. The SMILES string of the molecule is CCCCC(CC)C(Cc1ccc(Cl)cc1Cl)NCC. The normalized spacial score (nSPS) is 14.2. The predicted octanol–water partition coefficient (Wildman–Crippen LogP) is 5.73. The van der Waals surface area contributed by atoms with Crippen molar-refractivity contribution in [1.29, 1.82) is 0 Å². The van der Waals surface area contributed by atoms with Crippen LogP contribution < -0.4 is 5.32 Å². The first kappa shape index (κ1) is 17.8. The number of hydrogen-bond donors (Lipinski definition) is 1. The van der Waals surface area contributed by atoms with Gasteiger partial charge in [0, 0.05) is 16.1 Å². The van der Waals surface area contributed by atoms with Crippen LogP contribution in [0.15, 0.2) is 18.2 Å². The van der Waals surface area contributed by atoms with Gasteiger partial charge >= 0.3 is 0 Å². The molecule has 20 heavy (non-hydrogen) atoms. The summed E-state index contributed by atoms with van der Waals surface area (Å²) in [5, 5.41) is 5.13. The largest absolute Gasteiger partial charge is 0.314 e. The van der Waals surface area contributed by atoms with E-state index in [2.05, 4.69) is 32.2 Å². The van der Waals surface area contributed by atoms with E-state index in [-0.39, 0.29) is 0 Å². The predicted molar refractivity (Wildman–Crippen MR) is 90.9 cm³/mol. The Balaban J connectivity index is 2.78. The summed E-state index contributed by atoms with van der Waals surface area (Å²) >= 11 is 12.3. The molecular formula is C17H27Cl2N. The van der Waals surface area contributed by atoms with Crippen molar-refractivity contribution in [2.75, 3.05) is 6.54 Å². The minimum Gasteiger partial charge on any atom is -0.314 e. The molecule has 0 saturated heterocycles. The minimum atomic E-state index is 0.496. The van der Waals surface area contributed by atoms with E-state index in [9.17, 15) is 0 Å². The molecular weight excluding hydrogens is 289 g/mol. The molecule has 1 rings (SSSR count). The van der Waals surface area contributed by atoms with Crippen LogP contribution in [0.25, 0.3) is 0 Å². The molecule has 114 valence electrons. The Morgan fingerprint density at radius 1 is 1.15 bits per heavy atom. The number of unbranched alkanes of at least 4 members (excludes halogenated alkanes) is 1. The fourth-order valence-corrected chi connectivity index (χ4v) is 3.23. The van der Waals surface area contributed by atoms with Crippen LogP contribution in [0.2, 0.25) is 10.0 Å². The Morgan fingerprint density at radius 3 is 2.45 bits per heavy atom. The van der Waals surface area contributed by atoms with Crippen LogP contribution in [0, 0.1) is 5.92 Å². The van der Waals surface area contributed by atoms with Gasteiger partial charge in [-0.05, 0) is 43.0 Å². The monoisotopic (exact) mass is 315 g/mol. The van der Waals surface area contributed by atoms with Gasteiger partial charge in [0.2, 0.25) is 0 Å². The van der Waals surface area contributed by atoms with Gasteiger partial charge in [0.25, 0.3) is 0 Å². The lowest BCUT2D eigenvalue weighted by Crippen LogP contribution is -2.38. The van der Waals surface area contributed by atoms with Crippen LogP contribution in [-0.2, 0) is 6.42 Å². The van der Waals surface area contributed by atoms with E-state index in [1.165, 1.54) is 31.2 Å². The first-order chi connectivity index (χ1) is 9.62. The van der Waals surface area contributed by atoms with Crippen molar-refractivity contribution in [1.82, 2.24) is 5.32 Å². The van der Waals surface area contributed by atoms with Crippen LogP contribution in [0.1, 0.15) is 52.0 Å². The van der Waals surface area contributed by atoms with E-state index in [1.807, 2.05) is 12.1 Å². The first-order valence-electron chi connectivity index (χ1n) is 7.79. The highest BCUT2D eigenvalue weighted by molar-refractivity contribution is 6.35. The second-order valence-electron chi connectivity index (χ2n) is 5.41. The van der Waals surface area contributed by atoms with Gasteiger partial charge in [0.05, 0.1) is 0 Å². The summed E-state index contributed by atoms with van der Waals surface area (Å²) in [4.78, 5) is 0. The van der Waals surface area contributed by atoms with Crippen molar-refractivity contribution in [2.24, 2.45) is 5.92 Å². The van der Waals surface area contributed by atoms with Crippen LogP contribution in [-0.4, -0.2) is 12.6 Å². The molecule has 2 unspecified atom stereocenters. The maximum Gasteiger partial charge on any atom is 0.0453 e. The number of hydrogen-bond acceptors (Lipinski definition) is 1. The molecule has 0 fully saturated rings. The standard InChI is InChI=1S/C17H27Cl2N/c1-4-7-8-13(5-2)17(20-6-3)11-14-9-10-15(18)12-16(14)19/h9-10,12-13,17,20H,4-8,11H2,1-3H3. The quantitative estimate of drug-likeness (QED) is 0.613. The second kappa shape index (κ2) is 9.65. The zero-order valence-corrected chi connectivity index (χ0v) is 14.4. The fourth-order valence-electron chi connectivity index (χ4n) is 2.75. The lowest BCUT2D eigenvalue weighted by atomic mass is 9.87. The highest BCUT2D eigenvalue weighted by Gasteiger charge is 2.20. The van der Waals surface area contributed by atoms with Crippen molar-refractivity contribution < 1.29 is 0 Å². The Labute approximate surface area is 134 Å². The van der Waals surface area contributed by atoms with E-state index in [0.29, 0.717) is 17.0 Å². The third-order valence-corrected chi connectivity index (χ3v) is 4.53. The van der Waals surface area contributed by atoms with Crippen molar-refractivity contribution in [3.8, 4) is 0 Å². The molecule has 1 aromatic carbocycles. The average Bonchev–Trinajstić information content (AvgIpc) is 2.42. The molecule has 0 aliphatic heterocycles. The average molecular weight is 316 g/mol. The van der Waals surface area contributed by atoms with Crippen molar-refractivity contribution in [3.05, 3.63) is 33.8 Å². The third-order valence-electron chi connectivity index (χ3n) is 3.94. The third kappa shape index (κ3) is 5.63. The Hall–Kier alpha value is -0.240. The summed E-state index contributed by atoms with van der Waals surface area (Å²) in [5.74, 6) is 0.710.